The van der Waals surface area contributed by atoms with Crippen molar-refractivity contribution >= 4 is 48.6 Å². The number of anilines is 3. The Bertz CT molecular complexity index is 2560. The van der Waals surface area contributed by atoms with Crippen LogP contribution in [0.4, 0.5) is 17.1 Å². The van der Waals surface area contributed by atoms with E-state index in [9.17, 15) is 0 Å². The summed E-state index contributed by atoms with van der Waals surface area (Å²) in [5.41, 5.74) is 15.5. The lowest BCUT2D eigenvalue weighted by atomic mass is 9.74. The van der Waals surface area contributed by atoms with Crippen molar-refractivity contribution in [3.8, 4) is 22.3 Å². The Hall–Kier alpha value is -5.44. The molecule has 0 saturated carbocycles. The molecular formula is C47H35NS. The van der Waals surface area contributed by atoms with Crippen molar-refractivity contribution in [1.29, 1.82) is 0 Å². The molecule has 2 aliphatic carbocycles. The first-order valence-electron chi connectivity index (χ1n) is 17.2. The van der Waals surface area contributed by atoms with Crippen LogP contribution >= 0.6 is 11.3 Å². The van der Waals surface area contributed by atoms with Gasteiger partial charge >= 0.3 is 0 Å². The van der Waals surface area contributed by atoms with Gasteiger partial charge in [-0.1, -0.05) is 129 Å². The van der Waals surface area contributed by atoms with E-state index in [2.05, 4.69) is 183 Å². The molecule has 0 fully saturated rings. The van der Waals surface area contributed by atoms with E-state index >= 15 is 0 Å². The van der Waals surface area contributed by atoms with Gasteiger partial charge in [0.25, 0.3) is 0 Å². The van der Waals surface area contributed by atoms with Crippen LogP contribution in [0.3, 0.4) is 0 Å². The maximum absolute atomic E-state index is 2.43. The third-order valence-corrected chi connectivity index (χ3v) is 12.6. The highest BCUT2D eigenvalue weighted by molar-refractivity contribution is 7.26. The van der Waals surface area contributed by atoms with E-state index in [1.165, 1.54) is 81.6 Å². The molecule has 234 valence electrons. The summed E-state index contributed by atoms with van der Waals surface area (Å²) in [5.74, 6) is 0. The molecule has 0 saturated heterocycles. The Morgan fingerprint density at radius 2 is 0.959 bits per heavy atom. The van der Waals surface area contributed by atoms with E-state index < -0.39 is 0 Å². The second kappa shape index (κ2) is 10.3. The van der Waals surface area contributed by atoms with Crippen LogP contribution in [0.25, 0.3) is 42.4 Å². The summed E-state index contributed by atoms with van der Waals surface area (Å²) in [6.45, 7) is 7.14. The van der Waals surface area contributed by atoms with Crippen LogP contribution < -0.4 is 4.90 Å². The van der Waals surface area contributed by atoms with Crippen LogP contribution in [0.2, 0.25) is 0 Å². The van der Waals surface area contributed by atoms with Gasteiger partial charge in [-0.3, -0.25) is 0 Å². The van der Waals surface area contributed by atoms with Gasteiger partial charge in [0, 0.05) is 48.1 Å². The van der Waals surface area contributed by atoms with Crippen molar-refractivity contribution in [2.45, 2.75) is 31.6 Å². The molecule has 49 heavy (non-hydrogen) atoms. The Morgan fingerprint density at radius 1 is 0.408 bits per heavy atom. The molecule has 10 rings (SSSR count). The first-order valence-corrected chi connectivity index (χ1v) is 18.0. The molecule has 0 unspecified atom stereocenters. The summed E-state index contributed by atoms with van der Waals surface area (Å²) in [6.07, 6.45) is 0. The number of hydrogen-bond acceptors (Lipinski definition) is 2. The summed E-state index contributed by atoms with van der Waals surface area (Å²) in [5, 5.41) is 2.62. The summed E-state index contributed by atoms with van der Waals surface area (Å²) >= 11 is 1.93. The topological polar surface area (TPSA) is 3.24 Å². The normalized spacial score (nSPS) is 14.8. The molecule has 0 atom stereocenters. The van der Waals surface area contributed by atoms with Gasteiger partial charge in [-0.2, -0.15) is 0 Å². The van der Waals surface area contributed by atoms with Crippen LogP contribution in [-0.2, 0) is 10.8 Å². The van der Waals surface area contributed by atoms with E-state index in [0.29, 0.717) is 0 Å². The molecule has 1 aromatic heterocycles. The van der Waals surface area contributed by atoms with Crippen molar-refractivity contribution in [1.82, 2.24) is 0 Å². The molecule has 7 aromatic carbocycles. The second-order valence-electron chi connectivity index (χ2n) is 14.3. The van der Waals surface area contributed by atoms with Gasteiger partial charge in [0.2, 0.25) is 0 Å². The second-order valence-corrected chi connectivity index (χ2v) is 15.3. The quantitative estimate of drug-likeness (QED) is 0.184. The minimum Gasteiger partial charge on any atom is -0.310 e. The first-order chi connectivity index (χ1) is 23.9. The predicted molar refractivity (Wildman–Crippen MR) is 209 cm³/mol. The number of para-hydroxylation sites is 1. The number of thiophene rings is 1. The van der Waals surface area contributed by atoms with Crippen LogP contribution in [0.5, 0.6) is 0 Å². The van der Waals surface area contributed by atoms with Gasteiger partial charge in [-0.05, 0) is 99.5 Å². The molecule has 0 aliphatic heterocycles. The minimum absolute atomic E-state index is 0.0677. The molecule has 0 N–H and O–H groups in total. The maximum atomic E-state index is 2.43. The fourth-order valence-corrected chi connectivity index (χ4v) is 10.2. The third-order valence-electron chi connectivity index (χ3n) is 11.3. The van der Waals surface area contributed by atoms with Crippen LogP contribution in [-0.4, -0.2) is 0 Å². The maximum Gasteiger partial charge on any atom is 0.0468 e. The average Bonchev–Trinajstić information content (AvgIpc) is 3.73. The monoisotopic (exact) mass is 645 g/mol. The Balaban J connectivity index is 1.16. The van der Waals surface area contributed by atoms with E-state index in [1.54, 1.807) is 0 Å². The first kappa shape index (κ1) is 28.6. The van der Waals surface area contributed by atoms with Crippen molar-refractivity contribution in [2.24, 2.45) is 0 Å². The molecule has 1 nitrogen and oxygen atoms in total. The third kappa shape index (κ3) is 3.93. The number of fused-ring (bicyclic) bond motifs is 9. The van der Waals surface area contributed by atoms with Crippen molar-refractivity contribution in [2.75, 3.05) is 4.90 Å². The molecule has 0 amide bonds. The highest BCUT2D eigenvalue weighted by atomic mass is 32.1. The summed E-state index contributed by atoms with van der Waals surface area (Å²) in [4.78, 5) is 2.43. The lowest BCUT2D eigenvalue weighted by Gasteiger charge is -2.29. The number of nitrogens with zero attached hydrogens (tertiary/aromatic N) is 1. The predicted octanol–water partition coefficient (Wildman–Crippen LogP) is 13.2. The zero-order valence-corrected chi connectivity index (χ0v) is 28.7. The summed E-state index contributed by atoms with van der Waals surface area (Å²) in [7, 11) is 0. The molecule has 0 radical (unpaired) electrons. The SMILES string of the molecule is CC1(C)c2ccccc2-c2ccc(N(c3ccccc3)c3ccc4sc5c(C6(C)c7ccccc7-c7ccccc76)cccc5c4c3)cc21. The van der Waals surface area contributed by atoms with Crippen LogP contribution in [0, 0.1) is 0 Å². The van der Waals surface area contributed by atoms with Gasteiger partial charge in [0.1, 0.15) is 0 Å². The smallest absolute Gasteiger partial charge is 0.0468 e. The van der Waals surface area contributed by atoms with Gasteiger partial charge in [0.15, 0.2) is 0 Å². The molecule has 1 heterocycles. The van der Waals surface area contributed by atoms with Gasteiger partial charge < -0.3 is 4.90 Å². The molecule has 2 aliphatic rings. The number of hydrogen-bond donors (Lipinski definition) is 0. The minimum atomic E-state index is -0.235. The molecular weight excluding hydrogens is 611 g/mol. The molecule has 0 spiro atoms. The zero-order valence-electron chi connectivity index (χ0n) is 27.9. The highest BCUT2D eigenvalue weighted by Crippen LogP contribution is 2.55. The largest absolute Gasteiger partial charge is 0.310 e. The van der Waals surface area contributed by atoms with E-state index in [-0.39, 0.29) is 10.8 Å². The van der Waals surface area contributed by atoms with Crippen LogP contribution in [0.15, 0.2) is 158 Å². The van der Waals surface area contributed by atoms with E-state index in [1.807, 2.05) is 11.3 Å². The Kier molecular flexibility index (Phi) is 5.99. The fraction of sp³-hybridized carbons (Fsp3) is 0.106. The highest BCUT2D eigenvalue weighted by Gasteiger charge is 2.42. The van der Waals surface area contributed by atoms with Crippen molar-refractivity contribution < 1.29 is 0 Å². The lowest BCUT2D eigenvalue weighted by Crippen LogP contribution is -2.22. The number of rotatable bonds is 4. The van der Waals surface area contributed by atoms with Crippen LogP contribution in [0.1, 0.15) is 48.6 Å². The van der Waals surface area contributed by atoms with Crippen molar-refractivity contribution in [3.63, 3.8) is 0 Å². The zero-order chi connectivity index (χ0) is 32.9. The van der Waals surface area contributed by atoms with E-state index in [4.69, 9.17) is 0 Å². The molecule has 0 bridgehead atoms. The standard InChI is InChI=1S/C47H35NS/c1-46(2)39-20-10-7-16-33(39)36-26-24-32(29-43(36)46)48(30-14-5-4-6-15-30)31-25-27-44-38(28-31)37-19-13-23-42(45(37)49-44)47(3)40-21-11-8-17-34(40)35-18-9-12-22-41(35)47/h4-29H,1-3H3. The molecule has 8 aromatic rings. The van der Waals surface area contributed by atoms with Crippen molar-refractivity contribution in [3.05, 3.63) is 186 Å². The summed E-state index contributed by atoms with van der Waals surface area (Å²) < 4.78 is 2.68. The lowest BCUT2D eigenvalue weighted by molar-refractivity contribution is 0.660. The fourth-order valence-electron chi connectivity index (χ4n) is 8.92. The summed E-state index contributed by atoms with van der Waals surface area (Å²) in [6, 6.07) is 58.7. The number of benzene rings is 7. The van der Waals surface area contributed by atoms with E-state index in [0.717, 1.165) is 5.69 Å². The van der Waals surface area contributed by atoms with Gasteiger partial charge in [0.05, 0.1) is 0 Å². The van der Waals surface area contributed by atoms with Gasteiger partial charge in [-0.25, -0.2) is 0 Å². The molecule has 2 heteroatoms. The van der Waals surface area contributed by atoms with Gasteiger partial charge in [-0.15, -0.1) is 11.3 Å². The Morgan fingerprint density at radius 3 is 1.67 bits per heavy atom. The average molecular weight is 646 g/mol. The Labute approximate surface area is 291 Å².